The van der Waals surface area contributed by atoms with Crippen LogP contribution in [-0.2, 0) is 14.4 Å². The number of methoxy groups -OCH3 is 1. The number of ether oxygens (including phenoxy) is 1. The monoisotopic (exact) mass is 173 g/mol. The van der Waals surface area contributed by atoms with Gasteiger partial charge in [0.1, 0.15) is 6.61 Å². The molecule has 0 heterocycles. The Morgan fingerprint density at radius 1 is 1.50 bits per heavy atom. The molecule has 0 unspecified atom stereocenters. The molecular formula is C8H15NO3. The van der Waals surface area contributed by atoms with Gasteiger partial charge in [-0.2, -0.15) is 0 Å². The number of rotatable bonds is 5. The van der Waals surface area contributed by atoms with Crippen LogP contribution in [-0.4, -0.2) is 25.4 Å². The summed E-state index contributed by atoms with van der Waals surface area (Å²) in [6, 6.07) is 0. The maximum absolute atomic E-state index is 10.7. The molecule has 0 atom stereocenters. The van der Waals surface area contributed by atoms with Crippen LogP contribution in [0.25, 0.3) is 0 Å². The van der Waals surface area contributed by atoms with Crippen LogP contribution in [0, 0.1) is 0 Å². The normalized spacial score (nSPS) is 11.4. The van der Waals surface area contributed by atoms with E-state index in [2.05, 4.69) is 14.7 Å². The number of hydrogen-bond donors (Lipinski definition) is 0. The molecular weight excluding hydrogens is 158 g/mol. The Morgan fingerprint density at radius 3 is 2.67 bits per heavy atom. The van der Waals surface area contributed by atoms with Gasteiger partial charge in [0.25, 0.3) is 0 Å². The first-order valence-electron chi connectivity index (χ1n) is 3.93. The van der Waals surface area contributed by atoms with Crippen molar-refractivity contribution in [3.8, 4) is 0 Å². The Kier molecular flexibility index (Phi) is 6.28. The molecule has 0 amide bonds. The molecule has 4 nitrogen and oxygen atoms in total. The average Bonchev–Trinajstić information content (AvgIpc) is 2.02. The molecule has 0 saturated heterocycles. The third-order valence-electron chi connectivity index (χ3n) is 1.18. The summed E-state index contributed by atoms with van der Waals surface area (Å²) in [5.41, 5.74) is 0.821. The van der Waals surface area contributed by atoms with E-state index in [-0.39, 0.29) is 6.61 Å². The smallest absolute Gasteiger partial charge is 0.360 e. The number of carbonyl (C=O) groups is 1. The Bertz CT molecular complexity index is 166. The summed E-state index contributed by atoms with van der Waals surface area (Å²) in [6.45, 7) is 3.81. The zero-order valence-corrected chi connectivity index (χ0v) is 7.79. The van der Waals surface area contributed by atoms with Gasteiger partial charge in [0.05, 0.1) is 5.71 Å². The molecule has 70 valence electrons. The number of carbonyl (C=O) groups excluding carboxylic acids is 1. The summed E-state index contributed by atoms with van der Waals surface area (Å²) in [6.07, 6.45) is 1.84. The lowest BCUT2D eigenvalue weighted by atomic mass is 10.2. The number of hydrogen-bond acceptors (Lipinski definition) is 4. The molecule has 0 aliphatic carbocycles. The summed E-state index contributed by atoms with van der Waals surface area (Å²) < 4.78 is 4.55. The van der Waals surface area contributed by atoms with Crippen LogP contribution in [0.5, 0.6) is 0 Å². The zero-order chi connectivity index (χ0) is 9.40. The molecule has 0 aromatic rings. The van der Waals surface area contributed by atoms with E-state index in [9.17, 15) is 4.79 Å². The van der Waals surface area contributed by atoms with E-state index in [0.29, 0.717) is 0 Å². The lowest BCUT2D eigenvalue weighted by Gasteiger charge is -1.97. The first-order chi connectivity index (χ1) is 5.70. The van der Waals surface area contributed by atoms with Gasteiger partial charge in [0, 0.05) is 7.11 Å². The fraction of sp³-hybridized carbons (Fsp3) is 0.750. The Morgan fingerprint density at radius 2 is 2.17 bits per heavy atom. The van der Waals surface area contributed by atoms with Crippen LogP contribution in [0.15, 0.2) is 5.16 Å². The van der Waals surface area contributed by atoms with E-state index >= 15 is 0 Å². The van der Waals surface area contributed by atoms with Crippen LogP contribution in [0.4, 0.5) is 0 Å². The molecule has 0 aliphatic heterocycles. The van der Waals surface area contributed by atoms with Crippen LogP contribution >= 0.6 is 0 Å². The summed E-state index contributed by atoms with van der Waals surface area (Å²) in [7, 11) is 1.43. The van der Waals surface area contributed by atoms with Gasteiger partial charge in [-0.05, 0) is 13.3 Å². The maximum Gasteiger partial charge on any atom is 0.360 e. The van der Waals surface area contributed by atoms with Crippen molar-refractivity contribution in [2.75, 3.05) is 13.7 Å². The number of nitrogens with zero attached hydrogens (tertiary/aromatic N) is 1. The Hall–Kier alpha value is -0.900. The van der Waals surface area contributed by atoms with Crippen molar-refractivity contribution >= 4 is 11.7 Å². The molecule has 0 radical (unpaired) electrons. The molecule has 0 rings (SSSR count). The van der Waals surface area contributed by atoms with Crippen molar-refractivity contribution < 1.29 is 14.4 Å². The van der Waals surface area contributed by atoms with Crippen LogP contribution in [0.3, 0.4) is 0 Å². The summed E-state index contributed by atoms with van der Waals surface area (Å²) in [5.74, 6) is -0.465. The molecule has 0 N–H and O–H groups in total. The number of oxime groups is 1. The average molecular weight is 173 g/mol. The van der Waals surface area contributed by atoms with Gasteiger partial charge in [-0.25, -0.2) is 4.79 Å². The van der Waals surface area contributed by atoms with E-state index in [4.69, 9.17) is 0 Å². The minimum absolute atomic E-state index is 0.0527. The topological polar surface area (TPSA) is 47.9 Å². The van der Waals surface area contributed by atoms with Gasteiger partial charge in [-0.1, -0.05) is 18.5 Å². The molecule has 4 heteroatoms. The van der Waals surface area contributed by atoms with Gasteiger partial charge in [-0.15, -0.1) is 0 Å². The Balaban J connectivity index is 3.63. The fourth-order valence-electron chi connectivity index (χ4n) is 0.680. The third-order valence-corrected chi connectivity index (χ3v) is 1.18. The lowest BCUT2D eigenvalue weighted by molar-refractivity contribution is -0.147. The molecule has 0 bridgehead atoms. The second-order valence-corrected chi connectivity index (χ2v) is 2.47. The predicted octanol–water partition coefficient (Wildman–Crippen LogP) is 1.35. The third kappa shape index (κ3) is 5.85. The van der Waals surface area contributed by atoms with Crippen LogP contribution < -0.4 is 0 Å². The summed E-state index contributed by atoms with van der Waals surface area (Å²) in [5, 5.41) is 3.62. The first-order valence-corrected chi connectivity index (χ1v) is 3.93. The second kappa shape index (κ2) is 6.79. The van der Waals surface area contributed by atoms with E-state index in [1.807, 2.05) is 13.8 Å². The minimum Gasteiger partial charge on any atom is -0.373 e. The van der Waals surface area contributed by atoms with E-state index in [0.717, 1.165) is 18.6 Å². The van der Waals surface area contributed by atoms with Gasteiger partial charge in [0.15, 0.2) is 0 Å². The highest BCUT2D eigenvalue weighted by atomic mass is 16.7. The first kappa shape index (κ1) is 11.1. The highest BCUT2D eigenvalue weighted by Gasteiger charge is 1.99. The molecule has 0 saturated carbocycles. The van der Waals surface area contributed by atoms with Crippen molar-refractivity contribution in [1.29, 1.82) is 0 Å². The van der Waals surface area contributed by atoms with Crippen LogP contribution in [0.2, 0.25) is 0 Å². The summed E-state index contributed by atoms with van der Waals surface area (Å²) in [4.78, 5) is 15.2. The van der Waals surface area contributed by atoms with E-state index in [1.54, 1.807) is 0 Å². The highest BCUT2D eigenvalue weighted by molar-refractivity contribution is 5.82. The molecule has 0 aliphatic rings. The fourth-order valence-corrected chi connectivity index (χ4v) is 0.680. The standard InChI is InChI=1S/C8H15NO3/c1-4-5-7(2)9-12-8(10)6-11-3/h4-6H2,1-3H3/b9-7+. The van der Waals surface area contributed by atoms with Gasteiger partial charge < -0.3 is 9.57 Å². The molecule has 0 fully saturated rings. The van der Waals surface area contributed by atoms with Crippen molar-refractivity contribution in [3.63, 3.8) is 0 Å². The van der Waals surface area contributed by atoms with Gasteiger partial charge >= 0.3 is 5.97 Å². The Labute approximate surface area is 72.5 Å². The molecule has 0 spiro atoms. The quantitative estimate of drug-likeness (QED) is 0.358. The molecule has 0 aromatic carbocycles. The predicted molar refractivity (Wildman–Crippen MR) is 46.0 cm³/mol. The minimum atomic E-state index is -0.465. The second-order valence-electron chi connectivity index (χ2n) is 2.47. The van der Waals surface area contributed by atoms with Crippen molar-refractivity contribution in [2.45, 2.75) is 26.7 Å². The summed E-state index contributed by atoms with van der Waals surface area (Å²) >= 11 is 0. The largest absolute Gasteiger partial charge is 0.373 e. The molecule has 0 aromatic heterocycles. The maximum atomic E-state index is 10.7. The van der Waals surface area contributed by atoms with E-state index < -0.39 is 5.97 Å². The lowest BCUT2D eigenvalue weighted by Crippen LogP contribution is -2.08. The van der Waals surface area contributed by atoms with Crippen molar-refractivity contribution in [3.05, 3.63) is 0 Å². The highest BCUT2D eigenvalue weighted by Crippen LogP contribution is 1.92. The van der Waals surface area contributed by atoms with Crippen molar-refractivity contribution in [1.82, 2.24) is 0 Å². The van der Waals surface area contributed by atoms with Crippen molar-refractivity contribution in [2.24, 2.45) is 5.16 Å². The van der Waals surface area contributed by atoms with Crippen LogP contribution in [0.1, 0.15) is 26.7 Å². The SMILES string of the molecule is CCC/C(C)=N/OC(=O)COC. The zero-order valence-electron chi connectivity index (χ0n) is 7.79. The molecule has 12 heavy (non-hydrogen) atoms. The van der Waals surface area contributed by atoms with E-state index in [1.165, 1.54) is 7.11 Å². The van der Waals surface area contributed by atoms with Gasteiger partial charge in [0.2, 0.25) is 0 Å². The van der Waals surface area contributed by atoms with Gasteiger partial charge in [-0.3, -0.25) is 0 Å².